The predicted octanol–water partition coefficient (Wildman–Crippen LogP) is 4.52. The molecule has 10 heteroatoms. The van der Waals surface area contributed by atoms with Gasteiger partial charge in [0.1, 0.15) is 13.1 Å². The van der Waals surface area contributed by atoms with Crippen LogP contribution in [0.1, 0.15) is 51.4 Å². The van der Waals surface area contributed by atoms with Crippen molar-refractivity contribution >= 4 is 34.7 Å². The minimum atomic E-state index is -0.868. The van der Waals surface area contributed by atoms with Gasteiger partial charge in [0.15, 0.2) is 12.1 Å². The zero-order valence-electron chi connectivity index (χ0n) is 22.7. The van der Waals surface area contributed by atoms with Gasteiger partial charge >= 0.3 is 11.9 Å². The topological polar surface area (TPSA) is 104 Å². The summed E-state index contributed by atoms with van der Waals surface area (Å²) in [5.74, 6) is -0.0301. The molecule has 1 aromatic carbocycles. The second kappa shape index (κ2) is 12.2. The molecule has 0 aliphatic carbocycles. The molecule has 3 aromatic rings. The van der Waals surface area contributed by atoms with Gasteiger partial charge in [0.2, 0.25) is 11.7 Å². The number of aromatic nitrogens is 1. The van der Waals surface area contributed by atoms with Crippen molar-refractivity contribution in [2.75, 3.05) is 45.2 Å². The van der Waals surface area contributed by atoms with Crippen molar-refractivity contribution < 1.29 is 33.1 Å². The number of hydrogen-bond donors (Lipinski definition) is 1. The summed E-state index contributed by atoms with van der Waals surface area (Å²) >= 11 is 1.47. The summed E-state index contributed by atoms with van der Waals surface area (Å²) < 4.78 is 17.2. The highest BCUT2D eigenvalue weighted by molar-refractivity contribution is 7.12. The van der Waals surface area contributed by atoms with Crippen molar-refractivity contribution in [2.45, 2.75) is 31.9 Å². The van der Waals surface area contributed by atoms with Crippen molar-refractivity contribution in [3.63, 3.8) is 0 Å². The van der Waals surface area contributed by atoms with Crippen molar-refractivity contribution in [1.82, 2.24) is 4.98 Å². The molecule has 1 N–H and O–H groups in total. The number of nitrogens with one attached hydrogen (secondary N) is 1. The number of methoxy groups -OCH3 is 1. The van der Waals surface area contributed by atoms with Gasteiger partial charge in [0.25, 0.3) is 0 Å². The molecule has 3 aliphatic rings. The molecule has 5 heterocycles. The third-order valence-electron chi connectivity index (χ3n) is 7.81. The molecule has 0 saturated carbocycles. The number of rotatable bonds is 11. The summed E-state index contributed by atoms with van der Waals surface area (Å²) in [6.45, 7) is 4.90. The maximum atomic E-state index is 13.8. The van der Waals surface area contributed by atoms with Gasteiger partial charge in [-0.25, -0.2) is 14.6 Å². The molecule has 2 aromatic heterocycles. The largest absolute Gasteiger partial charge is 0.481 e. The highest BCUT2D eigenvalue weighted by atomic mass is 32.1. The van der Waals surface area contributed by atoms with Crippen LogP contribution >= 0.6 is 11.3 Å². The average molecular weight is 565 g/mol. The maximum Gasteiger partial charge on any atom is 0.338 e. The van der Waals surface area contributed by atoms with Gasteiger partial charge < -0.3 is 24.0 Å². The molecule has 1 unspecified atom stereocenters. The third kappa shape index (κ3) is 6.18. The van der Waals surface area contributed by atoms with E-state index >= 15 is 0 Å². The number of quaternary nitrogens is 1. The third-order valence-corrected chi connectivity index (χ3v) is 8.72. The Morgan fingerprint density at radius 1 is 1.12 bits per heavy atom. The molecule has 9 nitrogen and oxygen atoms in total. The van der Waals surface area contributed by atoms with Gasteiger partial charge in [0, 0.05) is 42.3 Å². The summed E-state index contributed by atoms with van der Waals surface area (Å²) in [5, 5.41) is 5.16. The first kappa shape index (κ1) is 27.8. The van der Waals surface area contributed by atoms with Crippen LogP contribution in [0.15, 0.2) is 60.1 Å². The van der Waals surface area contributed by atoms with Crippen LogP contribution < -0.4 is 10.1 Å². The second-order valence-electron chi connectivity index (χ2n) is 10.4. The molecule has 0 spiro atoms. The fraction of sp³-hybridized carbons (Fsp3) is 0.400. The van der Waals surface area contributed by atoms with Crippen molar-refractivity contribution in [3.8, 4) is 5.88 Å². The number of benzene rings is 1. The normalized spacial score (nSPS) is 22.2. The first-order valence-electron chi connectivity index (χ1n) is 13.6. The number of anilines is 1. The Kier molecular flexibility index (Phi) is 8.46. The van der Waals surface area contributed by atoms with Gasteiger partial charge in [-0.2, -0.15) is 0 Å². The number of pyridine rings is 1. The zero-order valence-corrected chi connectivity index (χ0v) is 23.5. The van der Waals surface area contributed by atoms with E-state index < -0.39 is 18.0 Å². The second-order valence-corrected chi connectivity index (χ2v) is 11.3. The number of hydrogen-bond acceptors (Lipinski definition) is 9. The molecule has 3 aliphatic heterocycles. The van der Waals surface area contributed by atoms with Crippen molar-refractivity contribution in [1.29, 1.82) is 0 Å². The molecule has 40 heavy (non-hydrogen) atoms. The lowest BCUT2D eigenvalue weighted by molar-refractivity contribution is -0.938. The van der Waals surface area contributed by atoms with Crippen LogP contribution in [0, 0.1) is 5.92 Å². The first-order chi connectivity index (χ1) is 19.4. The highest BCUT2D eigenvalue weighted by Crippen LogP contribution is 2.37. The Labute approximate surface area is 237 Å². The summed E-state index contributed by atoms with van der Waals surface area (Å²) in [6.07, 6.45) is 3.13. The number of Topliss-reactive ketones (excluding diaryl/α,β-unsaturated/α-hetero) is 1. The van der Waals surface area contributed by atoms with E-state index in [9.17, 15) is 14.4 Å². The Bertz CT molecular complexity index is 1340. The van der Waals surface area contributed by atoms with Gasteiger partial charge in [0.05, 0.1) is 37.2 Å². The fourth-order valence-corrected chi connectivity index (χ4v) is 6.35. The zero-order chi connectivity index (χ0) is 28.1. The monoisotopic (exact) mass is 564 g/mol. The summed E-state index contributed by atoms with van der Waals surface area (Å²) in [7, 11) is 1.53. The van der Waals surface area contributed by atoms with Gasteiger partial charge in [-0.15, -0.1) is 11.3 Å². The minimum absolute atomic E-state index is 0.144. The SMILES string of the molecule is CCOC(=O)c1cccc(NC(C(=O)O[C@H]2C[N+]3(CC(=O)c4cccs4)CCC2CC3)c2ccc(OC)nc2)c1. The summed E-state index contributed by atoms with van der Waals surface area (Å²) in [5.41, 5.74) is 1.55. The molecule has 0 amide bonds. The van der Waals surface area contributed by atoms with E-state index in [0.717, 1.165) is 30.8 Å². The van der Waals surface area contributed by atoms with Gasteiger partial charge in [-0.3, -0.25) is 4.79 Å². The van der Waals surface area contributed by atoms with Gasteiger partial charge in [-0.1, -0.05) is 12.1 Å². The van der Waals surface area contributed by atoms with E-state index in [-0.39, 0.29) is 24.4 Å². The molecular weight excluding hydrogens is 530 g/mol. The molecular formula is C30H34N3O6S+. The van der Waals surface area contributed by atoms with Crippen LogP contribution in [-0.4, -0.2) is 73.2 Å². The number of carbonyl (C=O) groups is 3. The van der Waals surface area contributed by atoms with E-state index in [1.54, 1.807) is 49.5 Å². The molecule has 2 bridgehead atoms. The Balaban J connectivity index is 1.35. The first-order valence-corrected chi connectivity index (χ1v) is 14.4. The maximum absolute atomic E-state index is 13.8. The number of nitrogens with zero attached hydrogens (tertiary/aromatic N) is 2. The standard InChI is InChI=1S/C30H34N3O6S/c1-3-38-29(35)21-6-4-7-23(16-21)32-28(22-9-10-27(37-2)31-17-22)30(36)39-25-19-33(13-11-20(25)12-14-33)18-24(34)26-8-5-15-40-26/h4-10,15-17,20,25,28,32H,3,11-14,18-19H2,1-2H3/q+1/t20?,25-,28?,33?/m0/s1. The minimum Gasteiger partial charge on any atom is -0.481 e. The van der Waals surface area contributed by atoms with Crippen LogP contribution in [0.3, 0.4) is 0 Å². The van der Waals surface area contributed by atoms with Crippen molar-refractivity contribution in [3.05, 3.63) is 76.1 Å². The number of ketones is 1. The number of ether oxygens (including phenoxy) is 3. The Hall–Kier alpha value is -3.76. The van der Waals surface area contributed by atoms with Crippen LogP contribution in [-0.2, 0) is 14.3 Å². The lowest BCUT2D eigenvalue weighted by Crippen LogP contribution is -2.65. The molecule has 210 valence electrons. The lowest BCUT2D eigenvalue weighted by Gasteiger charge is -2.51. The summed E-state index contributed by atoms with van der Waals surface area (Å²) in [6, 6.07) is 13.2. The van der Waals surface area contributed by atoms with E-state index in [1.165, 1.54) is 18.4 Å². The highest BCUT2D eigenvalue weighted by Gasteiger charge is 2.49. The van der Waals surface area contributed by atoms with Crippen LogP contribution in [0.5, 0.6) is 5.88 Å². The van der Waals surface area contributed by atoms with Crippen LogP contribution in [0.4, 0.5) is 5.69 Å². The number of carbonyl (C=O) groups excluding carboxylic acids is 3. The molecule has 3 saturated heterocycles. The van der Waals surface area contributed by atoms with E-state index in [2.05, 4.69) is 10.3 Å². The number of esters is 2. The Morgan fingerprint density at radius 3 is 2.62 bits per heavy atom. The smallest absolute Gasteiger partial charge is 0.338 e. The average Bonchev–Trinajstić information content (AvgIpc) is 3.52. The number of fused-ring (bicyclic) bond motifs is 3. The molecule has 2 atom stereocenters. The van der Waals surface area contributed by atoms with E-state index in [0.29, 0.717) is 40.3 Å². The van der Waals surface area contributed by atoms with Crippen LogP contribution in [0.2, 0.25) is 0 Å². The Morgan fingerprint density at radius 2 is 1.95 bits per heavy atom. The molecule has 0 radical (unpaired) electrons. The lowest BCUT2D eigenvalue weighted by atomic mass is 9.83. The number of thiophene rings is 1. The van der Waals surface area contributed by atoms with E-state index in [1.807, 2.05) is 17.5 Å². The van der Waals surface area contributed by atoms with Crippen molar-refractivity contribution in [2.24, 2.45) is 5.92 Å². The molecule has 6 rings (SSSR count). The quantitative estimate of drug-likeness (QED) is 0.206. The van der Waals surface area contributed by atoms with Gasteiger partial charge in [-0.05, 0) is 42.6 Å². The summed E-state index contributed by atoms with van der Waals surface area (Å²) in [4.78, 5) is 44.1. The van der Waals surface area contributed by atoms with Crippen LogP contribution in [0.25, 0.3) is 0 Å². The fourth-order valence-electron chi connectivity index (χ4n) is 5.69. The number of piperidine rings is 3. The molecule has 3 fully saturated rings. The van der Waals surface area contributed by atoms with E-state index in [4.69, 9.17) is 14.2 Å². The predicted molar refractivity (Wildman–Crippen MR) is 151 cm³/mol.